The molecule has 0 unspecified atom stereocenters. The number of nitrogens with two attached hydrogens (primary N) is 1. The highest BCUT2D eigenvalue weighted by Gasteiger charge is 2.42. The van der Waals surface area contributed by atoms with Crippen molar-refractivity contribution in [1.82, 2.24) is 19.5 Å². The minimum absolute atomic E-state index is 0.00345. The minimum Gasteiger partial charge on any atom is -0.390 e. The van der Waals surface area contributed by atoms with Gasteiger partial charge in [-0.15, -0.1) is 0 Å². The van der Waals surface area contributed by atoms with Gasteiger partial charge in [-0.2, -0.15) is 0 Å². The Labute approximate surface area is 203 Å². The SMILES string of the molecule is Nc1ncnc2c1ccn2[C@@H]1C[C@H](CCc2ccc3cc4c(nc3c2)N[C@H](C2CC2)C4)[C@@H](O)[C@H]1O. The fourth-order valence-corrected chi connectivity index (χ4v) is 6.21. The third-order valence-electron chi connectivity index (χ3n) is 8.39. The number of rotatable bonds is 5. The number of pyridine rings is 1. The molecule has 2 fully saturated rings. The fraction of sp³-hybridized carbons (Fsp3) is 0.444. The lowest BCUT2D eigenvalue weighted by atomic mass is 9.95. The average Bonchev–Trinajstić information content (AvgIpc) is 3.39. The van der Waals surface area contributed by atoms with Gasteiger partial charge in [0, 0.05) is 17.6 Å². The molecule has 5 N–H and O–H groups in total. The predicted molar refractivity (Wildman–Crippen MR) is 135 cm³/mol. The molecule has 1 aliphatic heterocycles. The standard InChI is InChI=1S/C27H30N6O2/c28-25-19-7-8-33(27(19)30-13-29-25)22-12-17(23(34)24(22)35)4-2-14-1-3-16-10-18-11-21(15-5-6-15)32-26(18)31-20(16)9-14/h1,3,7-10,13,15,17,21-24,34-35H,2,4-6,11-12H2,(H,31,32)(H2,28,29,30)/t17-,21-,22+,23+,24-/m0/s1. The van der Waals surface area contributed by atoms with Crippen molar-refractivity contribution in [2.24, 2.45) is 11.8 Å². The number of fused-ring (bicyclic) bond motifs is 3. The predicted octanol–water partition coefficient (Wildman–Crippen LogP) is 3.22. The van der Waals surface area contributed by atoms with E-state index in [1.807, 2.05) is 16.8 Å². The van der Waals surface area contributed by atoms with Gasteiger partial charge in [0.15, 0.2) is 0 Å². The molecule has 7 rings (SSSR count). The zero-order chi connectivity index (χ0) is 23.7. The number of aryl methyl sites for hydroxylation is 1. The van der Waals surface area contributed by atoms with Crippen molar-refractivity contribution >= 4 is 33.6 Å². The average molecular weight is 471 g/mol. The lowest BCUT2D eigenvalue weighted by molar-refractivity contribution is 0.00545. The first-order valence-corrected chi connectivity index (χ1v) is 12.7. The van der Waals surface area contributed by atoms with E-state index >= 15 is 0 Å². The summed E-state index contributed by atoms with van der Waals surface area (Å²) in [5.41, 5.74) is 10.2. The van der Waals surface area contributed by atoms with E-state index in [1.165, 1.54) is 35.7 Å². The Hall–Kier alpha value is -3.23. The molecule has 0 bridgehead atoms. The van der Waals surface area contributed by atoms with Gasteiger partial charge in [0.05, 0.1) is 23.0 Å². The highest BCUT2D eigenvalue weighted by Crippen LogP contribution is 2.41. The quantitative estimate of drug-likeness (QED) is 0.353. The fourth-order valence-electron chi connectivity index (χ4n) is 6.21. The van der Waals surface area contributed by atoms with Crippen LogP contribution in [0.25, 0.3) is 21.9 Å². The van der Waals surface area contributed by atoms with Gasteiger partial charge in [-0.05, 0) is 79.7 Å². The second-order valence-electron chi connectivity index (χ2n) is 10.6. The van der Waals surface area contributed by atoms with Crippen molar-refractivity contribution in [3.05, 3.63) is 54.0 Å². The smallest absolute Gasteiger partial charge is 0.145 e. The molecule has 1 aromatic carbocycles. The molecule has 0 saturated heterocycles. The van der Waals surface area contributed by atoms with E-state index in [9.17, 15) is 10.2 Å². The van der Waals surface area contributed by atoms with E-state index in [1.54, 1.807) is 0 Å². The zero-order valence-electron chi connectivity index (χ0n) is 19.5. The normalized spacial score (nSPS) is 28.0. The van der Waals surface area contributed by atoms with E-state index in [-0.39, 0.29) is 12.0 Å². The summed E-state index contributed by atoms with van der Waals surface area (Å²) in [4.78, 5) is 13.3. The first-order chi connectivity index (χ1) is 17.0. The van der Waals surface area contributed by atoms with Gasteiger partial charge in [0.1, 0.15) is 29.7 Å². The van der Waals surface area contributed by atoms with Crippen LogP contribution in [0.5, 0.6) is 0 Å². The topological polar surface area (TPSA) is 122 Å². The molecule has 35 heavy (non-hydrogen) atoms. The number of nitrogens with one attached hydrogen (secondary N) is 1. The zero-order valence-corrected chi connectivity index (χ0v) is 19.5. The Balaban J connectivity index is 1.07. The highest BCUT2D eigenvalue weighted by molar-refractivity contribution is 5.86. The molecule has 3 aliphatic rings. The first-order valence-electron chi connectivity index (χ1n) is 12.7. The van der Waals surface area contributed by atoms with Crippen molar-refractivity contribution in [3.63, 3.8) is 0 Å². The van der Waals surface area contributed by atoms with Gasteiger partial charge in [-0.1, -0.05) is 12.1 Å². The maximum absolute atomic E-state index is 10.9. The van der Waals surface area contributed by atoms with Gasteiger partial charge in [0.25, 0.3) is 0 Å². The van der Waals surface area contributed by atoms with E-state index < -0.39 is 12.2 Å². The van der Waals surface area contributed by atoms with Crippen molar-refractivity contribution in [3.8, 4) is 0 Å². The monoisotopic (exact) mass is 470 g/mol. The summed E-state index contributed by atoms with van der Waals surface area (Å²) in [7, 11) is 0. The van der Waals surface area contributed by atoms with Crippen LogP contribution in [0.4, 0.5) is 11.6 Å². The number of anilines is 2. The lowest BCUT2D eigenvalue weighted by Gasteiger charge is -2.19. The number of benzene rings is 1. The molecule has 5 atom stereocenters. The Bertz CT molecular complexity index is 1430. The van der Waals surface area contributed by atoms with Gasteiger partial charge in [0.2, 0.25) is 0 Å². The maximum atomic E-state index is 10.9. The number of aromatic nitrogens is 4. The largest absolute Gasteiger partial charge is 0.390 e. The second kappa shape index (κ2) is 7.90. The molecule has 8 heteroatoms. The van der Waals surface area contributed by atoms with Gasteiger partial charge in [-0.25, -0.2) is 15.0 Å². The van der Waals surface area contributed by atoms with Crippen molar-refractivity contribution in [2.75, 3.05) is 11.1 Å². The Morgan fingerprint density at radius 3 is 2.83 bits per heavy atom. The summed E-state index contributed by atoms with van der Waals surface area (Å²) < 4.78 is 1.93. The summed E-state index contributed by atoms with van der Waals surface area (Å²) in [6.45, 7) is 0. The van der Waals surface area contributed by atoms with Crippen LogP contribution in [-0.4, -0.2) is 48.0 Å². The van der Waals surface area contributed by atoms with Crippen LogP contribution in [0.15, 0.2) is 42.9 Å². The number of nitrogens with zero attached hydrogens (tertiary/aromatic N) is 4. The van der Waals surface area contributed by atoms with Crippen molar-refractivity contribution in [1.29, 1.82) is 0 Å². The van der Waals surface area contributed by atoms with Gasteiger partial charge in [-0.3, -0.25) is 0 Å². The Morgan fingerprint density at radius 2 is 1.97 bits per heavy atom. The van der Waals surface area contributed by atoms with Crippen molar-refractivity contribution in [2.45, 2.75) is 62.8 Å². The molecule has 180 valence electrons. The van der Waals surface area contributed by atoms with Crippen LogP contribution in [0, 0.1) is 11.8 Å². The molecule has 2 aliphatic carbocycles. The number of aliphatic hydroxyl groups is 2. The molecule has 3 aromatic heterocycles. The number of hydrogen-bond donors (Lipinski definition) is 4. The summed E-state index contributed by atoms with van der Waals surface area (Å²) >= 11 is 0. The van der Waals surface area contributed by atoms with Crippen LogP contribution in [0.3, 0.4) is 0 Å². The molecule has 4 aromatic rings. The van der Waals surface area contributed by atoms with Crippen LogP contribution in [-0.2, 0) is 12.8 Å². The number of hydrogen-bond acceptors (Lipinski definition) is 7. The third-order valence-corrected chi connectivity index (χ3v) is 8.39. The van der Waals surface area contributed by atoms with Crippen LogP contribution >= 0.6 is 0 Å². The summed E-state index contributed by atoms with van der Waals surface area (Å²) in [5.74, 6) is 2.28. The molecule has 8 nitrogen and oxygen atoms in total. The van der Waals surface area contributed by atoms with Crippen LogP contribution in [0.2, 0.25) is 0 Å². The van der Waals surface area contributed by atoms with Crippen molar-refractivity contribution < 1.29 is 10.2 Å². The van der Waals surface area contributed by atoms with Gasteiger partial charge >= 0.3 is 0 Å². The number of aliphatic hydroxyl groups excluding tert-OH is 2. The molecular formula is C27H30N6O2. The third kappa shape index (κ3) is 3.54. The van der Waals surface area contributed by atoms with E-state index in [0.717, 1.165) is 41.9 Å². The first kappa shape index (κ1) is 21.1. The maximum Gasteiger partial charge on any atom is 0.145 e. The Kier molecular flexibility index (Phi) is 4.76. The van der Waals surface area contributed by atoms with E-state index in [0.29, 0.717) is 23.9 Å². The molecular weight excluding hydrogens is 440 g/mol. The van der Waals surface area contributed by atoms with Crippen LogP contribution < -0.4 is 11.1 Å². The molecule has 0 amide bonds. The molecule has 4 heterocycles. The highest BCUT2D eigenvalue weighted by atomic mass is 16.3. The summed E-state index contributed by atoms with van der Waals surface area (Å²) in [6, 6.07) is 11.0. The summed E-state index contributed by atoms with van der Waals surface area (Å²) in [6.07, 6.45) is 7.76. The van der Waals surface area contributed by atoms with Crippen LogP contribution in [0.1, 0.15) is 42.9 Å². The van der Waals surface area contributed by atoms with E-state index in [2.05, 4.69) is 39.6 Å². The minimum atomic E-state index is -0.849. The van der Waals surface area contributed by atoms with Gasteiger partial charge < -0.3 is 25.8 Å². The number of nitrogen functional groups attached to an aromatic ring is 1. The molecule has 0 radical (unpaired) electrons. The molecule has 0 spiro atoms. The second-order valence-corrected chi connectivity index (χ2v) is 10.6. The lowest BCUT2D eigenvalue weighted by Crippen LogP contribution is -2.29. The summed E-state index contributed by atoms with van der Waals surface area (Å²) in [5, 5.41) is 27.3. The Morgan fingerprint density at radius 1 is 1.09 bits per heavy atom. The molecule has 2 saturated carbocycles. The van der Waals surface area contributed by atoms with E-state index in [4.69, 9.17) is 10.7 Å².